The highest BCUT2D eigenvalue weighted by Crippen LogP contribution is 2.26. The van der Waals surface area contributed by atoms with E-state index in [0.717, 1.165) is 18.5 Å². The van der Waals surface area contributed by atoms with Crippen LogP contribution in [-0.4, -0.2) is 12.5 Å². The zero-order valence-corrected chi connectivity index (χ0v) is 11.8. The topological polar surface area (TPSA) is 55.1 Å². The molecule has 3 nitrogen and oxygen atoms in total. The number of carbonyl (C=O) groups excluding carboxylic acids is 1. The summed E-state index contributed by atoms with van der Waals surface area (Å²) in [6.45, 7) is 4.92. The van der Waals surface area contributed by atoms with Crippen LogP contribution in [0.1, 0.15) is 33.1 Å². The van der Waals surface area contributed by atoms with Crippen molar-refractivity contribution in [2.75, 3.05) is 11.9 Å². The van der Waals surface area contributed by atoms with E-state index >= 15 is 0 Å². The van der Waals surface area contributed by atoms with Crippen LogP contribution in [0.5, 0.6) is 0 Å². The molecule has 3 N–H and O–H groups in total. The van der Waals surface area contributed by atoms with Crippen LogP contribution in [0.2, 0.25) is 5.02 Å². The second-order valence-electron chi connectivity index (χ2n) is 5.26. The Hall–Kier alpha value is -1.06. The van der Waals surface area contributed by atoms with Gasteiger partial charge in [-0.25, -0.2) is 0 Å². The number of nitrogens with two attached hydrogens (primary N) is 1. The van der Waals surface area contributed by atoms with Crippen molar-refractivity contribution < 1.29 is 4.79 Å². The molecule has 18 heavy (non-hydrogen) atoms. The lowest BCUT2D eigenvalue weighted by atomic mass is 9.84. The molecule has 0 bridgehead atoms. The first-order valence-electron chi connectivity index (χ1n) is 6.18. The molecule has 1 rings (SSSR count). The highest BCUT2D eigenvalue weighted by Gasteiger charge is 2.18. The van der Waals surface area contributed by atoms with Crippen LogP contribution in [0.4, 0.5) is 5.69 Å². The Labute approximate surface area is 114 Å². The Balaban J connectivity index is 2.43. The highest BCUT2D eigenvalue weighted by molar-refractivity contribution is 6.30. The monoisotopic (exact) mass is 268 g/mol. The maximum absolute atomic E-state index is 11.8. The number of hydrogen-bond donors (Lipinski definition) is 2. The third-order valence-electron chi connectivity index (χ3n) is 2.96. The molecule has 0 fully saturated rings. The van der Waals surface area contributed by atoms with Crippen molar-refractivity contribution >= 4 is 23.2 Å². The molecule has 1 aromatic carbocycles. The normalized spacial score (nSPS) is 11.3. The SMILES string of the molecule is CC(C)(CCN)CCC(=O)Nc1cccc(Cl)c1. The second kappa shape index (κ2) is 6.76. The van der Waals surface area contributed by atoms with Gasteiger partial charge in [-0.1, -0.05) is 31.5 Å². The van der Waals surface area contributed by atoms with E-state index in [4.69, 9.17) is 17.3 Å². The molecule has 1 amide bonds. The average Bonchev–Trinajstić information content (AvgIpc) is 2.26. The molecule has 0 atom stereocenters. The Morgan fingerprint density at radius 1 is 1.39 bits per heavy atom. The lowest BCUT2D eigenvalue weighted by Gasteiger charge is -2.23. The fourth-order valence-corrected chi connectivity index (χ4v) is 1.95. The van der Waals surface area contributed by atoms with Crippen molar-refractivity contribution in [3.8, 4) is 0 Å². The predicted molar refractivity (Wildman–Crippen MR) is 76.8 cm³/mol. The van der Waals surface area contributed by atoms with E-state index in [-0.39, 0.29) is 11.3 Å². The molecule has 0 heterocycles. The summed E-state index contributed by atoms with van der Waals surface area (Å²) in [5.74, 6) is 0.0161. The Kier molecular flexibility index (Phi) is 5.63. The zero-order chi connectivity index (χ0) is 13.6. The molecule has 0 saturated heterocycles. The van der Waals surface area contributed by atoms with Gasteiger partial charge in [-0.15, -0.1) is 0 Å². The molecule has 0 aliphatic heterocycles. The van der Waals surface area contributed by atoms with Crippen LogP contribution in [-0.2, 0) is 4.79 Å². The minimum Gasteiger partial charge on any atom is -0.330 e. The van der Waals surface area contributed by atoms with E-state index < -0.39 is 0 Å². The van der Waals surface area contributed by atoms with Crippen LogP contribution >= 0.6 is 11.6 Å². The first-order valence-corrected chi connectivity index (χ1v) is 6.56. The van der Waals surface area contributed by atoms with Crippen molar-refractivity contribution in [2.24, 2.45) is 11.1 Å². The number of nitrogens with one attached hydrogen (secondary N) is 1. The van der Waals surface area contributed by atoms with E-state index in [1.54, 1.807) is 12.1 Å². The zero-order valence-electron chi connectivity index (χ0n) is 11.0. The molecule has 0 spiro atoms. The molecular formula is C14H21ClN2O. The van der Waals surface area contributed by atoms with Crippen LogP contribution in [0.15, 0.2) is 24.3 Å². The summed E-state index contributed by atoms with van der Waals surface area (Å²) in [6.07, 6.45) is 2.26. The smallest absolute Gasteiger partial charge is 0.224 e. The van der Waals surface area contributed by atoms with Gasteiger partial charge in [-0.2, -0.15) is 0 Å². The van der Waals surface area contributed by atoms with Crippen LogP contribution in [0.25, 0.3) is 0 Å². The minimum absolute atomic E-state index is 0.0161. The Bertz CT molecular complexity index is 405. The first kappa shape index (κ1) is 15.0. The maximum atomic E-state index is 11.8. The van der Waals surface area contributed by atoms with E-state index in [0.29, 0.717) is 18.0 Å². The first-order chi connectivity index (χ1) is 8.43. The van der Waals surface area contributed by atoms with Gasteiger partial charge in [0.15, 0.2) is 0 Å². The number of amides is 1. The summed E-state index contributed by atoms with van der Waals surface area (Å²) in [4.78, 5) is 11.8. The second-order valence-corrected chi connectivity index (χ2v) is 5.70. The number of benzene rings is 1. The van der Waals surface area contributed by atoms with E-state index in [2.05, 4.69) is 19.2 Å². The third kappa shape index (κ3) is 5.52. The molecule has 4 heteroatoms. The van der Waals surface area contributed by atoms with Crippen molar-refractivity contribution in [3.05, 3.63) is 29.3 Å². The summed E-state index contributed by atoms with van der Waals surface area (Å²) in [5.41, 5.74) is 6.40. The van der Waals surface area contributed by atoms with Crippen LogP contribution in [0, 0.1) is 5.41 Å². The molecule has 0 saturated carbocycles. The molecule has 100 valence electrons. The van der Waals surface area contributed by atoms with Crippen molar-refractivity contribution in [3.63, 3.8) is 0 Å². The molecule has 1 aromatic rings. The lowest BCUT2D eigenvalue weighted by Crippen LogP contribution is -2.20. The van der Waals surface area contributed by atoms with Gasteiger partial charge in [0.1, 0.15) is 0 Å². The fourth-order valence-electron chi connectivity index (χ4n) is 1.76. The quantitative estimate of drug-likeness (QED) is 0.830. The number of hydrogen-bond acceptors (Lipinski definition) is 2. The summed E-state index contributed by atoms with van der Waals surface area (Å²) >= 11 is 5.85. The lowest BCUT2D eigenvalue weighted by molar-refractivity contribution is -0.116. The molecule has 0 aliphatic rings. The van der Waals surface area contributed by atoms with E-state index in [1.807, 2.05) is 12.1 Å². The standard InChI is InChI=1S/C14H21ClN2O/c1-14(2,8-9-16)7-6-13(18)17-12-5-3-4-11(15)10-12/h3-5,10H,6-9,16H2,1-2H3,(H,17,18). The summed E-state index contributed by atoms with van der Waals surface area (Å²) < 4.78 is 0. The van der Waals surface area contributed by atoms with Crippen molar-refractivity contribution in [1.29, 1.82) is 0 Å². The summed E-state index contributed by atoms with van der Waals surface area (Å²) in [6, 6.07) is 7.16. The summed E-state index contributed by atoms with van der Waals surface area (Å²) in [5, 5.41) is 3.46. The van der Waals surface area contributed by atoms with E-state index in [1.165, 1.54) is 0 Å². The molecular weight excluding hydrogens is 248 g/mol. The number of anilines is 1. The van der Waals surface area contributed by atoms with Gasteiger partial charge in [0.25, 0.3) is 0 Å². The number of halogens is 1. The molecule has 0 radical (unpaired) electrons. The van der Waals surface area contributed by atoms with E-state index in [9.17, 15) is 4.79 Å². The van der Waals surface area contributed by atoms with Crippen molar-refractivity contribution in [2.45, 2.75) is 33.1 Å². The number of carbonyl (C=O) groups is 1. The molecule has 0 aliphatic carbocycles. The van der Waals surface area contributed by atoms with Crippen LogP contribution in [0.3, 0.4) is 0 Å². The maximum Gasteiger partial charge on any atom is 0.224 e. The van der Waals surface area contributed by atoms with Crippen molar-refractivity contribution in [1.82, 2.24) is 0 Å². The average molecular weight is 269 g/mol. The Morgan fingerprint density at radius 2 is 2.11 bits per heavy atom. The summed E-state index contributed by atoms with van der Waals surface area (Å²) in [7, 11) is 0. The van der Waals surface area contributed by atoms with Gasteiger partial charge >= 0.3 is 0 Å². The van der Waals surface area contributed by atoms with Gasteiger partial charge in [0.05, 0.1) is 0 Å². The van der Waals surface area contributed by atoms with Gasteiger partial charge < -0.3 is 11.1 Å². The fraction of sp³-hybridized carbons (Fsp3) is 0.500. The van der Waals surface area contributed by atoms with Gasteiger partial charge in [0, 0.05) is 17.1 Å². The Morgan fingerprint density at radius 3 is 2.72 bits per heavy atom. The third-order valence-corrected chi connectivity index (χ3v) is 3.19. The minimum atomic E-state index is 0.0161. The van der Waals surface area contributed by atoms with Crippen LogP contribution < -0.4 is 11.1 Å². The molecule has 0 aromatic heterocycles. The molecule has 0 unspecified atom stereocenters. The largest absolute Gasteiger partial charge is 0.330 e. The predicted octanol–water partition coefficient (Wildman–Crippen LogP) is 3.43. The number of rotatable bonds is 6. The highest BCUT2D eigenvalue weighted by atomic mass is 35.5. The van der Waals surface area contributed by atoms with Gasteiger partial charge in [0.2, 0.25) is 5.91 Å². The van der Waals surface area contributed by atoms with Gasteiger partial charge in [-0.05, 0) is 43.0 Å². The van der Waals surface area contributed by atoms with Gasteiger partial charge in [-0.3, -0.25) is 4.79 Å².